The van der Waals surface area contributed by atoms with Crippen molar-refractivity contribution in [1.29, 1.82) is 0 Å². The van der Waals surface area contributed by atoms with Crippen molar-refractivity contribution >= 4 is 5.96 Å². The summed E-state index contributed by atoms with van der Waals surface area (Å²) in [5.74, 6) is 2.74. The summed E-state index contributed by atoms with van der Waals surface area (Å²) in [4.78, 5) is 7.06. The van der Waals surface area contributed by atoms with Crippen molar-refractivity contribution in [3.05, 3.63) is 0 Å². The van der Waals surface area contributed by atoms with Gasteiger partial charge in [0.25, 0.3) is 0 Å². The maximum Gasteiger partial charge on any atom is 0.193 e. The van der Waals surface area contributed by atoms with Crippen LogP contribution in [0.15, 0.2) is 4.99 Å². The van der Waals surface area contributed by atoms with Gasteiger partial charge in [0.05, 0.1) is 6.10 Å². The average molecular weight is 291 g/mol. The van der Waals surface area contributed by atoms with E-state index < -0.39 is 0 Å². The average Bonchev–Trinajstić information content (AvgIpc) is 2.85. The Labute approximate surface area is 128 Å². The van der Waals surface area contributed by atoms with Crippen LogP contribution < -0.4 is 5.32 Å². The molecule has 0 aromatic carbocycles. The molecular weight excluding hydrogens is 262 g/mol. The fraction of sp³-hybridized carbons (Fsp3) is 0.941. The molecule has 118 valence electrons. The molecule has 3 atom stereocenters. The molecular formula is C17H29N3O. The van der Waals surface area contributed by atoms with Crippen molar-refractivity contribution < 1.29 is 4.74 Å². The first-order chi connectivity index (χ1) is 10.2. The molecule has 2 aliphatic heterocycles. The van der Waals surface area contributed by atoms with E-state index in [0.29, 0.717) is 17.6 Å². The monoisotopic (exact) mass is 291 g/mol. The van der Waals surface area contributed by atoms with E-state index in [4.69, 9.17) is 4.74 Å². The zero-order valence-corrected chi connectivity index (χ0v) is 13.5. The van der Waals surface area contributed by atoms with Crippen molar-refractivity contribution in [2.24, 2.45) is 22.2 Å². The van der Waals surface area contributed by atoms with E-state index in [-0.39, 0.29) is 0 Å². The molecule has 1 spiro atoms. The van der Waals surface area contributed by atoms with Crippen LogP contribution in [0, 0.1) is 17.3 Å². The molecule has 0 amide bonds. The van der Waals surface area contributed by atoms with Crippen LogP contribution in [0.2, 0.25) is 0 Å². The van der Waals surface area contributed by atoms with Crippen LogP contribution in [0.3, 0.4) is 0 Å². The molecule has 2 saturated heterocycles. The second-order valence-electron chi connectivity index (χ2n) is 7.67. The molecule has 0 radical (unpaired) electrons. The summed E-state index contributed by atoms with van der Waals surface area (Å²) >= 11 is 0. The van der Waals surface area contributed by atoms with Gasteiger partial charge in [-0.3, -0.25) is 4.99 Å². The van der Waals surface area contributed by atoms with Crippen LogP contribution >= 0.6 is 0 Å². The van der Waals surface area contributed by atoms with Gasteiger partial charge in [-0.25, -0.2) is 0 Å². The topological polar surface area (TPSA) is 36.9 Å². The van der Waals surface area contributed by atoms with Gasteiger partial charge in [-0.2, -0.15) is 0 Å². The number of likely N-dealkylation sites (tertiary alicyclic amines) is 1. The van der Waals surface area contributed by atoms with Crippen LogP contribution in [0.4, 0.5) is 0 Å². The normalized spacial score (nSPS) is 38.9. The highest BCUT2D eigenvalue weighted by Gasteiger charge is 2.66. The third-order valence-corrected chi connectivity index (χ3v) is 6.62. The first-order valence-electron chi connectivity index (χ1n) is 8.84. The summed E-state index contributed by atoms with van der Waals surface area (Å²) in [6.07, 6.45) is 8.45. The molecule has 4 heteroatoms. The third-order valence-electron chi connectivity index (χ3n) is 6.62. The Kier molecular flexibility index (Phi) is 3.40. The minimum atomic E-state index is 0.445. The van der Waals surface area contributed by atoms with Gasteiger partial charge in [-0.1, -0.05) is 13.3 Å². The predicted octanol–water partition coefficient (Wildman–Crippen LogP) is 2.25. The van der Waals surface area contributed by atoms with Gasteiger partial charge in [-0.05, 0) is 38.0 Å². The first-order valence-corrected chi connectivity index (χ1v) is 8.84. The third kappa shape index (κ3) is 2.01. The Bertz CT molecular complexity index is 424. The smallest absolute Gasteiger partial charge is 0.193 e. The number of ether oxygens (including phenoxy) is 1. The van der Waals surface area contributed by atoms with Gasteiger partial charge in [-0.15, -0.1) is 0 Å². The first kappa shape index (κ1) is 13.9. The number of aliphatic imine (C=N–C) groups is 1. The standard InChI is InChI=1S/C17H29N3O/c1-12-4-9-20(10-5-12)16(18-2)19-14-13-6-11-21-15(13)17(14)7-3-8-17/h12-15H,3-11H2,1-2H3,(H,18,19). The number of hydrogen-bond acceptors (Lipinski definition) is 2. The molecule has 4 nitrogen and oxygen atoms in total. The molecule has 0 bridgehead atoms. The fourth-order valence-electron chi connectivity index (χ4n) is 5.11. The molecule has 2 aliphatic carbocycles. The largest absolute Gasteiger partial charge is 0.377 e. The lowest BCUT2D eigenvalue weighted by Gasteiger charge is -2.63. The maximum absolute atomic E-state index is 6.02. The van der Waals surface area contributed by atoms with Crippen molar-refractivity contribution in [3.63, 3.8) is 0 Å². The summed E-state index contributed by atoms with van der Waals surface area (Å²) < 4.78 is 6.02. The second kappa shape index (κ2) is 5.15. The number of piperidine rings is 1. The second-order valence-corrected chi connectivity index (χ2v) is 7.67. The van der Waals surface area contributed by atoms with Crippen LogP contribution in [0.1, 0.15) is 45.4 Å². The van der Waals surface area contributed by atoms with E-state index >= 15 is 0 Å². The minimum absolute atomic E-state index is 0.445. The van der Waals surface area contributed by atoms with E-state index in [9.17, 15) is 0 Å². The van der Waals surface area contributed by atoms with Gasteiger partial charge >= 0.3 is 0 Å². The Morgan fingerprint density at radius 1 is 1.24 bits per heavy atom. The van der Waals surface area contributed by atoms with Gasteiger partial charge < -0.3 is 15.0 Å². The minimum Gasteiger partial charge on any atom is -0.377 e. The molecule has 2 saturated carbocycles. The van der Waals surface area contributed by atoms with Gasteiger partial charge in [0, 0.05) is 44.1 Å². The molecule has 0 aromatic heterocycles. The Morgan fingerprint density at radius 2 is 2.00 bits per heavy atom. The molecule has 1 N–H and O–H groups in total. The zero-order valence-electron chi connectivity index (χ0n) is 13.5. The molecule has 4 rings (SSSR count). The molecule has 4 aliphatic rings. The Hall–Kier alpha value is -0.770. The number of hydrogen-bond donors (Lipinski definition) is 1. The Balaban J connectivity index is 1.44. The number of nitrogens with one attached hydrogen (secondary N) is 1. The van der Waals surface area contributed by atoms with Gasteiger partial charge in [0.2, 0.25) is 0 Å². The number of nitrogens with zero attached hydrogens (tertiary/aromatic N) is 2. The molecule has 4 fully saturated rings. The van der Waals surface area contributed by atoms with E-state index in [1.165, 1.54) is 38.5 Å². The van der Waals surface area contributed by atoms with Crippen molar-refractivity contribution in [2.75, 3.05) is 26.7 Å². The lowest BCUT2D eigenvalue weighted by atomic mass is 9.46. The highest BCUT2D eigenvalue weighted by molar-refractivity contribution is 5.80. The molecule has 21 heavy (non-hydrogen) atoms. The van der Waals surface area contributed by atoms with Crippen LogP contribution in [-0.2, 0) is 4.74 Å². The van der Waals surface area contributed by atoms with E-state index in [2.05, 4.69) is 22.1 Å². The fourth-order valence-corrected chi connectivity index (χ4v) is 5.11. The van der Waals surface area contributed by atoms with E-state index in [1.54, 1.807) is 0 Å². The lowest BCUT2D eigenvalue weighted by Crippen LogP contribution is -2.72. The number of guanidine groups is 1. The summed E-state index contributed by atoms with van der Waals surface area (Å²) in [5, 5.41) is 3.85. The number of fused-ring (bicyclic) bond motifs is 2. The summed E-state index contributed by atoms with van der Waals surface area (Å²) in [7, 11) is 1.94. The Morgan fingerprint density at radius 3 is 2.62 bits per heavy atom. The predicted molar refractivity (Wildman–Crippen MR) is 84.4 cm³/mol. The summed E-state index contributed by atoms with van der Waals surface area (Å²) in [6, 6.07) is 0.608. The van der Waals surface area contributed by atoms with Gasteiger partial charge in [0.1, 0.15) is 0 Å². The highest BCUT2D eigenvalue weighted by Crippen LogP contribution is 2.62. The highest BCUT2D eigenvalue weighted by atomic mass is 16.5. The van der Waals surface area contributed by atoms with E-state index in [1.807, 2.05) is 7.05 Å². The van der Waals surface area contributed by atoms with Crippen LogP contribution in [-0.4, -0.2) is 49.7 Å². The van der Waals surface area contributed by atoms with Crippen LogP contribution in [0.5, 0.6) is 0 Å². The van der Waals surface area contributed by atoms with Crippen molar-refractivity contribution in [1.82, 2.24) is 10.2 Å². The zero-order chi connectivity index (χ0) is 14.4. The molecule has 2 heterocycles. The van der Waals surface area contributed by atoms with Crippen LogP contribution in [0.25, 0.3) is 0 Å². The van der Waals surface area contributed by atoms with Crippen molar-refractivity contribution in [3.8, 4) is 0 Å². The van der Waals surface area contributed by atoms with Crippen molar-refractivity contribution in [2.45, 2.75) is 57.6 Å². The lowest BCUT2D eigenvalue weighted by molar-refractivity contribution is -0.171. The summed E-state index contributed by atoms with van der Waals surface area (Å²) in [6.45, 7) is 5.65. The van der Waals surface area contributed by atoms with Gasteiger partial charge in [0.15, 0.2) is 5.96 Å². The SMILES string of the molecule is CN=C(NC1C2CCOC2C12CCC2)N1CCC(C)CC1. The number of rotatable bonds is 1. The quantitative estimate of drug-likeness (QED) is 0.595. The molecule has 0 aromatic rings. The van der Waals surface area contributed by atoms with E-state index in [0.717, 1.165) is 37.5 Å². The summed E-state index contributed by atoms with van der Waals surface area (Å²) in [5.41, 5.74) is 0.445. The maximum atomic E-state index is 6.02. The molecule has 3 unspecified atom stereocenters.